The smallest absolute Gasteiger partial charge is 0.337 e. The number of hydrogen-bond acceptors (Lipinski definition) is 8. The number of ether oxygens (including phenoxy) is 1. The Hall–Kier alpha value is -3.24. The van der Waals surface area contributed by atoms with E-state index in [0.29, 0.717) is 26.3 Å². The molecule has 2 aromatic carbocycles. The number of carbonyl (C=O) groups excluding carboxylic acids is 3. The van der Waals surface area contributed by atoms with E-state index in [9.17, 15) is 14.4 Å². The Bertz CT molecular complexity index is 1140. The number of rotatable bonds is 7. The van der Waals surface area contributed by atoms with Crippen LogP contribution in [0.4, 0.5) is 10.8 Å². The van der Waals surface area contributed by atoms with E-state index in [1.54, 1.807) is 36.4 Å². The number of aromatic nitrogens is 2. The zero-order valence-electron chi connectivity index (χ0n) is 18.7. The van der Waals surface area contributed by atoms with E-state index >= 15 is 0 Å². The van der Waals surface area contributed by atoms with Crippen LogP contribution in [0.25, 0.3) is 0 Å². The number of esters is 1. The molecule has 0 unspecified atom stereocenters. The highest BCUT2D eigenvalue weighted by atomic mass is 32.2. The summed E-state index contributed by atoms with van der Waals surface area (Å²) >= 11 is 2.41. The molecule has 2 N–H and O–H groups in total. The Morgan fingerprint density at radius 3 is 2.18 bits per heavy atom. The van der Waals surface area contributed by atoms with Crippen molar-refractivity contribution in [2.45, 2.75) is 30.5 Å². The van der Waals surface area contributed by atoms with E-state index in [4.69, 9.17) is 0 Å². The van der Waals surface area contributed by atoms with Crippen molar-refractivity contribution in [2.75, 3.05) is 23.5 Å². The SMILES string of the molecule is COC(=O)c1ccc(NC(=O)CSc2nnc(NC(=O)c3ccc(C(C)(C)C)cc3)s2)cc1. The third kappa shape index (κ3) is 6.87. The van der Waals surface area contributed by atoms with Gasteiger partial charge in [-0.1, -0.05) is 56.0 Å². The molecule has 10 heteroatoms. The molecule has 1 heterocycles. The predicted molar refractivity (Wildman–Crippen MR) is 130 cm³/mol. The van der Waals surface area contributed by atoms with Crippen LogP contribution in [0, 0.1) is 0 Å². The standard InChI is InChI=1S/C23H24N4O4S2/c1-23(2,3)16-9-5-14(6-10-16)19(29)25-21-26-27-22(33-21)32-13-18(28)24-17-11-7-15(8-12-17)20(30)31-4/h5-12H,13H2,1-4H3,(H,24,28)(H,25,26,29). The Labute approximate surface area is 200 Å². The number of hydrogen-bond donors (Lipinski definition) is 2. The first-order chi connectivity index (χ1) is 15.7. The molecule has 0 spiro atoms. The summed E-state index contributed by atoms with van der Waals surface area (Å²) in [5.74, 6) is -0.818. The van der Waals surface area contributed by atoms with Crippen molar-refractivity contribution in [1.29, 1.82) is 0 Å². The molecule has 172 valence electrons. The molecule has 0 aliphatic carbocycles. The van der Waals surface area contributed by atoms with Gasteiger partial charge < -0.3 is 10.1 Å². The van der Waals surface area contributed by atoms with Gasteiger partial charge in [-0.3, -0.25) is 14.9 Å². The molecule has 0 radical (unpaired) electrons. The molecule has 0 atom stereocenters. The van der Waals surface area contributed by atoms with Crippen LogP contribution in [0.1, 0.15) is 47.1 Å². The lowest BCUT2D eigenvalue weighted by molar-refractivity contribution is -0.113. The lowest BCUT2D eigenvalue weighted by atomic mass is 9.87. The second-order valence-corrected chi connectivity index (χ2v) is 10.3. The fourth-order valence-corrected chi connectivity index (χ4v) is 4.29. The molecule has 0 aliphatic heterocycles. The highest BCUT2D eigenvalue weighted by molar-refractivity contribution is 8.01. The minimum absolute atomic E-state index is 0.0131. The van der Waals surface area contributed by atoms with E-state index in [1.165, 1.54) is 30.2 Å². The number of nitrogens with zero attached hydrogens (tertiary/aromatic N) is 2. The van der Waals surface area contributed by atoms with Crippen molar-refractivity contribution in [3.8, 4) is 0 Å². The molecule has 1 aromatic heterocycles. The van der Waals surface area contributed by atoms with Crippen LogP contribution in [0.3, 0.4) is 0 Å². The van der Waals surface area contributed by atoms with Gasteiger partial charge in [-0.2, -0.15) is 0 Å². The molecule has 0 saturated carbocycles. The highest BCUT2D eigenvalue weighted by Crippen LogP contribution is 2.26. The highest BCUT2D eigenvalue weighted by Gasteiger charge is 2.16. The number of methoxy groups -OCH3 is 1. The molecule has 0 saturated heterocycles. The van der Waals surface area contributed by atoms with Gasteiger partial charge in [-0.25, -0.2) is 4.79 Å². The monoisotopic (exact) mass is 484 g/mol. The lowest BCUT2D eigenvalue weighted by Crippen LogP contribution is -2.14. The van der Waals surface area contributed by atoms with Gasteiger partial charge in [0.1, 0.15) is 0 Å². The van der Waals surface area contributed by atoms with Gasteiger partial charge in [0.15, 0.2) is 4.34 Å². The van der Waals surface area contributed by atoms with Crippen LogP contribution in [0.2, 0.25) is 0 Å². The average molecular weight is 485 g/mol. The van der Waals surface area contributed by atoms with Crippen LogP contribution >= 0.6 is 23.1 Å². The summed E-state index contributed by atoms with van der Waals surface area (Å²) in [6.45, 7) is 6.34. The van der Waals surface area contributed by atoms with Gasteiger partial charge in [0.25, 0.3) is 5.91 Å². The summed E-state index contributed by atoms with van der Waals surface area (Å²) in [5.41, 5.74) is 2.66. The average Bonchev–Trinajstić information content (AvgIpc) is 3.24. The van der Waals surface area contributed by atoms with E-state index in [1.807, 2.05) is 12.1 Å². The van der Waals surface area contributed by atoms with Crippen molar-refractivity contribution < 1.29 is 19.1 Å². The third-order valence-corrected chi connectivity index (χ3v) is 6.53. The number of benzene rings is 2. The topological polar surface area (TPSA) is 110 Å². The van der Waals surface area contributed by atoms with Crippen molar-refractivity contribution in [2.24, 2.45) is 0 Å². The molecule has 3 aromatic rings. The second kappa shape index (κ2) is 10.6. The fourth-order valence-electron chi connectivity index (χ4n) is 2.74. The first-order valence-electron chi connectivity index (χ1n) is 10.0. The van der Waals surface area contributed by atoms with Crippen molar-refractivity contribution in [3.05, 3.63) is 65.2 Å². The molecule has 33 heavy (non-hydrogen) atoms. The van der Waals surface area contributed by atoms with Gasteiger partial charge in [0, 0.05) is 11.3 Å². The quantitative estimate of drug-likeness (QED) is 0.286. The van der Waals surface area contributed by atoms with Gasteiger partial charge in [-0.05, 0) is 47.4 Å². The summed E-state index contributed by atoms with van der Waals surface area (Å²) in [4.78, 5) is 36.1. The van der Waals surface area contributed by atoms with Crippen LogP contribution in [0.5, 0.6) is 0 Å². The number of thioether (sulfide) groups is 1. The summed E-state index contributed by atoms with van der Waals surface area (Å²) < 4.78 is 5.20. The molecule has 2 amide bonds. The van der Waals surface area contributed by atoms with Gasteiger partial charge >= 0.3 is 5.97 Å². The second-order valence-electron chi connectivity index (χ2n) is 8.06. The van der Waals surface area contributed by atoms with E-state index in [2.05, 4.69) is 46.3 Å². The van der Waals surface area contributed by atoms with Gasteiger partial charge in [0.2, 0.25) is 11.0 Å². The first kappa shape index (κ1) is 24.4. The first-order valence-corrected chi connectivity index (χ1v) is 11.8. The zero-order valence-corrected chi connectivity index (χ0v) is 20.3. The van der Waals surface area contributed by atoms with Crippen LogP contribution in [-0.2, 0) is 14.9 Å². The molecule has 8 nitrogen and oxygen atoms in total. The van der Waals surface area contributed by atoms with Crippen LogP contribution in [-0.4, -0.2) is 40.8 Å². The maximum absolute atomic E-state index is 12.5. The molecule has 0 aliphatic rings. The van der Waals surface area contributed by atoms with Gasteiger partial charge in [0.05, 0.1) is 18.4 Å². The Morgan fingerprint density at radius 1 is 0.939 bits per heavy atom. The normalized spacial score (nSPS) is 11.0. The summed E-state index contributed by atoms with van der Waals surface area (Å²) in [5, 5.41) is 13.8. The molecule has 0 fully saturated rings. The third-order valence-electron chi connectivity index (χ3n) is 4.56. The van der Waals surface area contributed by atoms with E-state index < -0.39 is 5.97 Å². The summed E-state index contributed by atoms with van der Waals surface area (Å²) in [6.07, 6.45) is 0. The minimum Gasteiger partial charge on any atom is -0.465 e. The molecular weight excluding hydrogens is 460 g/mol. The van der Waals surface area contributed by atoms with Crippen molar-refractivity contribution in [3.63, 3.8) is 0 Å². The van der Waals surface area contributed by atoms with E-state index in [0.717, 1.165) is 5.56 Å². The van der Waals surface area contributed by atoms with E-state index in [-0.39, 0.29) is 23.0 Å². The molecule has 0 bridgehead atoms. The fraction of sp³-hybridized carbons (Fsp3) is 0.261. The molecule has 3 rings (SSSR count). The number of amides is 2. The van der Waals surface area contributed by atoms with Crippen LogP contribution < -0.4 is 10.6 Å². The Balaban J connectivity index is 1.49. The Kier molecular flexibility index (Phi) is 7.83. The Morgan fingerprint density at radius 2 is 1.58 bits per heavy atom. The van der Waals surface area contributed by atoms with Crippen molar-refractivity contribution in [1.82, 2.24) is 10.2 Å². The lowest BCUT2D eigenvalue weighted by Gasteiger charge is -2.18. The maximum atomic E-state index is 12.5. The van der Waals surface area contributed by atoms with Crippen molar-refractivity contribution >= 4 is 51.7 Å². The van der Waals surface area contributed by atoms with Gasteiger partial charge in [-0.15, -0.1) is 10.2 Å². The molecular formula is C23H24N4O4S2. The number of carbonyl (C=O) groups is 3. The maximum Gasteiger partial charge on any atom is 0.337 e. The zero-order chi connectivity index (χ0) is 24.0. The number of nitrogens with one attached hydrogen (secondary N) is 2. The summed E-state index contributed by atoms with van der Waals surface area (Å²) in [6, 6.07) is 13.9. The summed E-state index contributed by atoms with van der Waals surface area (Å²) in [7, 11) is 1.31. The number of anilines is 2. The largest absolute Gasteiger partial charge is 0.465 e. The minimum atomic E-state index is -0.440. The predicted octanol–water partition coefficient (Wildman–Crippen LogP) is 4.61. The van der Waals surface area contributed by atoms with Crippen LogP contribution in [0.15, 0.2) is 52.9 Å².